The van der Waals surface area contributed by atoms with Crippen LogP contribution in [0.15, 0.2) is 31.0 Å². The van der Waals surface area contributed by atoms with E-state index < -0.39 is 0 Å². The van der Waals surface area contributed by atoms with Gasteiger partial charge in [0, 0.05) is 17.3 Å². The highest BCUT2D eigenvalue weighted by molar-refractivity contribution is 5.35. The number of rotatable bonds is 3. The van der Waals surface area contributed by atoms with Crippen LogP contribution in [-0.4, -0.2) is 34.5 Å². The van der Waals surface area contributed by atoms with Crippen LogP contribution in [0.2, 0.25) is 0 Å². The molecule has 0 amide bonds. The number of pyridine rings is 1. The average Bonchev–Trinajstić information content (AvgIpc) is 3.31. The molecule has 0 aromatic carbocycles. The topological polar surface area (TPSA) is 74.3 Å². The molecule has 3 aromatic rings. The quantitative estimate of drug-likeness (QED) is 0.703. The van der Waals surface area contributed by atoms with Crippen LogP contribution < -0.4 is 0 Å². The molecule has 3 heterocycles. The number of nitrogens with zero attached hydrogens (tertiary/aromatic N) is 7. The van der Waals surface area contributed by atoms with Gasteiger partial charge in [-0.2, -0.15) is 10.2 Å². The average molecular weight is 375 g/mol. The molecule has 7 heteroatoms. The van der Waals surface area contributed by atoms with E-state index in [0.29, 0.717) is 0 Å². The summed E-state index contributed by atoms with van der Waals surface area (Å²) in [5.74, 6) is 3.44. The highest BCUT2D eigenvalue weighted by Gasteiger charge is 2.61. The summed E-state index contributed by atoms with van der Waals surface area (Å²) >= 11 is 0. The van der Waals surface area contributed by atoms with Crippen LogP contribution in [-0.2, 0) is 11.0 Å². The van der Waals surface area contributed by atoms with Crippen molar-refractivity contribution >= 4 is 0 Å². The van der Waals surface area contributed by atoms with Crippen LogP contribution in [0.3, 0.4) is 0 Å². The maximum Gasteiger partial charge on any atom is 0.148 e. The zero-order chi connectivity index (χ0) is 18.9. The van der Waals surface area contributed by atoms with E-state index in [1.165, 1.54) is 32.1 Å². The molecule has 3 aromatic heterocycles. The predicted octanol–water partition coefficient (Wildman–Crippen LogP) is 3.12. The maximum absolute atomic E-state index is 5.01. The zero-order valence-corrected chi connectivity index (χ0v) is 16.4. The van der Waals surface area contributed by atoms with Gasteiger partial charge in [-0.05, 0) is 76.3 Å². The summed E-state index contributed by atoms with van der Waals surface area (Å²) in [6, 6.07) is 4.14. The smallest absolute Gasteiger partial charge is 0.148 e. The first kappa shape index (κ1) is 16.4. The minimum atomic E-state index is 0.0640. The molecule has 0 radical (unpaired) electrons. The summed E-state index contributed by atoms with van der Waals surface area (Å²) < 4.78 is 4.25. The van der Waals surface area contributed by atoms with Gasteiger partial charge in [0.25, 0.3) is 0 Å². The molecule has 144 valence electrons. The molecule has 7 nitrogen and oxygen atoms in total. The number of hydrogen-bond donors (Lipinski definition) is 0. The van der Waals surface area contributed by atoms with E-state index in [-0.39, 0.29) is 11.0 Å². The summed E-state index contributed by atoms with van der Waals surface area (Å²) in [5.41, 5.74) is 2.21. The van der Waals surface area contributed by atoms with Crippen molar-refractivity contribution in [2.24, 2.45) is 11.8 Å². The van der Waals surface area contributed by atoms with Gasteiger partial charge in [-0.25, -0.2) is 19.3 Å². The number of hydrogen-bond acceptors (Lipinski definition) is 5. The first-order valence-electron chi connectivity index (χ1n) is 10.3. The minimum absolute atomic E-state index is 0.0640. The molecule has 0 spiro atoms. The van der Waals surface area contributed by atoms with Gasteiger partial charge in [-0.1, -0.05) is 0 Å². The van der Waals surface area contributed by atoms with Gasteiger partial charge < -0.3 is 0 Å². The van der Waals surface area contributed by atoms with Crippen molar-refractivity contribution in [1.29, 1.82) is 0 Å². The van der Waals surface area contributed by atoms with E-state index >= 15 is 0 Å². The van der Waals surface area contributed by atoms with Crippen molar-refractivity contribution in [3.05, 3.63) is 48.3 Å². The molecular weight excluding hydrogens is 350 g/mol. The van der Waals surface area contributed by atoms with Gasteiger partial charge in [-0.3, -0.25) is 4.98 Å². The van der Waals surface area contributed by atoms with E-state index in [0.717, 1.165) is 41.3 Å². The van der Waals surface area contributed by atoms with Crippen molar-refractivity contribution < 1.29 is 0 Å². The van der Waals surface area contributed by atoms with E-state index in [1.54, 1.807) is 6.33 Å². The summed E-state index contributed by atoms with van der Waals surface area (Å²) in [7, 11) is 0. The van der Waals surface area contributed by atoms with Crippen LogP contribution in [0.4, 0.5) is 0 Å². The van der Waals surface area contributed by atoms with Crippen molar-refractivity contribution in [3.8, 4) is 5.69 Å². The van der Waals surface area contributed by atoms with E-state index in [2.05, 4.69) is 30.5 Å². The van der Waals surface area contributed by atoms with Crippen LogP contribution in [0.1, 0.15) is 55.9 Å². The fourth-order valence-electron chi connectivity index (χ4n) is 6.80. The van der Waals surface area contributed by atoms with Gasteiger partial charge in [-0.15, -0.1) is 0 Å². The fourth-order valence-corrected chi connectivity index (χ4v) is 6.80. The zero-order valence-electron chi connectivity index (χ0n) is 16.4. The molecule has 0 N–H and O–H groups in total. The van der Waals surface area contributed by atoms with Crippen LogP contribution in [0, 0.1) is 25.7 Å². The Kier molecular flexibility index (Phi) is 3.21. The Balaban J connectivity index is 1.50. The van der Waals surface area contributed by atoms with Crippen molar-refractivity contribution in [1.82, 2.24) is 34.5 Å². The third-order valence-electron chi connectivity index (χ3n) is 7.25. The third kappa shape index (κ3) is 2.25. The molecule has 0 unspecified atom stereocenters. The molecule has 4 bridgehead atoms. The molecule has 28 heavy (non-hydrogen) atoms. The van der Waals surface area contributed by atoms with Crippen molar-refractivity contribution in [2.45, 2.75) is 63.3 Å². The van der Waals surface area contributed by atoms with Crippen LogP contribution in [0.5, 0.6) is 0 Å². The Morgan fingerprint density at radius 1 is 1.11 bits per heavy atom. The second-order valence-electron chi connectivity index (χ2n) is 9.36. The fraction of sp³-hybridized carbons (Fsp3) is 0.571. The van der Waals surface area contributed by atoms with E-state index in [1.807, 2.05) is 32.4 Å². The molecule has 4 fully saturated rings. The van der Waals surface area contributed by atoms with E-state index in [4.69, 9.17) is 10.1 Å². The molecule has 4 saturated carbocycles. The Bertz CT molecular complexity index is 1020. The normalized spacial score (nSPS) is 33.5. The first-order valence-corrected chi connectivity index (χ1v) is 10.3. The van der Waals surface area contributed by atoms with Gasteiger partial charge in [0.1, 0.15) is 24.3 Å². The minimum Gasteiger partial charge on any atom is -0.261 e. The lowest BCUT2D eigenvalue weighted by atomic mass is 9.46. The van der Waals surface area contributed by atoms with Gasteiger partial charge in [0.05, 0.1) is 11.2 Å². The molecule has 0 saturated heterocycles. The summed E-state index contributed by atoms with van der Waals surface area (Å²) in [6.45, 7) is 4.03. The van der Waals surface area contributed by atoms with Crippen LogP contribution >= 0.6 is 0 Å². The van der Waals surface area contributed by atoms with Crippen LogP contribution in [0.25, 0.3) is 5.69 Å². The monoisotopic (exact) mass is 375 g/mol. The lowest BCUT2D eigenvalue weighted by Gasteiger charge is -2.61. The SMILES string of the molecule is Cc1cc(-n2nc(C)nc2C23C[C@@H]4C[C@@H](C2)CC(n2cncn2)(C4)C3)ccn1. The third-order valence-corrected chi connectivity index (χ3v) is 7.25. The second-order valence-corrected chi connectivity index (χ2v) is 9.36. The molecule has 7 rings (SSSR count). The largest absolute Gasteiger partial charge is 0.261 e. The molecular formula is C21H25N7. The molecule has 2 atom stereocenters. The van der Waals surface area contributed by atoms with Gasteiger partial charge in [0.2, 0.25) is 0 Å². The maximum atomic E-state index is 5.01. The van der Waals surface area contributed by atoms with Crippen molar-refractivity contribution in [3.63, 3.8) is 0 Å². The number of aromatic nitrogens is 7. The van der Waals surface area contributed by atoms with Gasteiger partial charge in [0.15, 0.2) is 0 Å². The first-order chi connectivity index (χ1) is 13.6. The Morgan fingerprint density at radius 3 is 2.64 bits per heavy atom. The number of aryl methyl sites for hydroxylation is 2. The second kappa shape index (κ2) is 5.49. The Labute approximate surface area is 164 Å². The Morgan fingerprint density at radius 2 is 1.93 bits per heavy atom. The molecule has 4 aliphatic rings. The highest BCUT2D eigenvalue weighted by atomic mass is 15.4. The summed E-state index contributed by atoms with van der Waals surface area (Å²) in [5, 5.41) is 9.39. The van der Waals surface area contributed by atoms with Gasteiger partial charge >= 0.3 is 0 Å². The van der Waals surface area contributed by atoms with E-state index in [9.17, 15) is 0 Å². The Hall–Kier alpha value is -2.57. The highest BCUT2D eigenvalue weighted by Crippen LogP contribution is 2.64. The predicted molar refractivity (Wildman–Crippen MR) is 103 cm³/mol. The van der Waals surface area contributed by atoms with Crippen molar-refractivity contribution in [2.75, 3.05) is 0 Å². The molecule has 0 aliphatic heterocycles. The standard InChI is InChI=1S/C21H25N7/c1-14-5-18(3-4-23-14)28-19(25-15(2)26-28)20-7-16-6-17(8-20)10-21(9-16,11-20)27-13-22-12-24-27/h3-5,12-13,16-17H,6-11H2,1-2H3/t16-,17-,20?,21?/m0/s1. The molecule has 4 aliphatic carbocycles. The lowest BCUT2D eigenvalue weighted by molar-refractivity contribution is -0.0723. The summed E-state index contributed by atoms with van der Waals surface area (Å²) in [6.07, 6.45) is 12.7. The lowest BCUT2D eigenvalue weighted by Crippen LogP contribution is -2.59. The summed E-state index contributed by atoms with van der Waals surface area (Å²) in [4.78, 5) is 13.6.